The predicted molar refractivity (Wildman–Crippen MR) is 101 cm³/mol. The quantitative estimate of drug-likeness (QED) is 0.433. The maximum atomic E-state index is 5.62. The van der Waals surface area contributed by atoms with Gasteiger partial charge in [0.15, 0.2) is 5.96 Å². The van der Waals surface area contributed by atoms with Crippen LogP contribution in [0.3, 0.4) is 0 Å². The van der Waals surface area contributed by atoms with E-state index in [0.29, 0.717) is 25.1 Å². The summed E-state index contributed by atoms with van der Waals surface area (Å²) in [4.78, 5) is 4.25. The third-order valence-electron chi connectivity index (χ3n) is 3.31. The summed E-state index contributed by atoms with van der Waals surface area (Å²) in [6, 6.07) is 8.45. The molecule has 4 nitrogen and oxygen atoms in total. The number of hydrogen-bond donors (Lipinski definition) is 2. The van der Waals surface area contributed by atoms with Crippen LogP contribution in [-0.2, 0) is 6.54 Å². The van der Waals surface area contributed by atoms with Gasteiger partial charge in [-0.1, -0.05) is 32.0 Å². The van der Waals surface area contributed by atoms with Gasteiger partial charge in [-0.25, -0.2) is 0 Å². The zero-order valence-electron chi connectivity index (χ0n) is 13.6. The summed E-state index contributed by atoms with van der Waals surface area (Å²) in [6.07, 6.45) is 0. The van der Waals surface area contributed by atoms with E-state index in [0.717, 1.165) is 17.3 Å². The van der Waals surface area contributed by atoms with Crippen molar-refractivity contribution >= 4 is 29.9 Å². The zero-order valence-corrected chi connectivity index (χ0v) is 16.0. The Morgan fingerprint density at radius 2 is 1.90 bits per heavy atom. The first kappa shape index (κ1) is 20.0. The predicted octanol–water partition coefficient (Wildman–Crippen LogP) is 3.41. The summed E-state index contributed by atoms with van der Waals surface area (Å²) in [5, 5.41) is 6.72. The molecule has 0 spiro atoms. The number of aliphatic imine (C=N–C) groups is 1. The van der Waals surface area contributed by atoms with E-state index in [4.69, 9.17) is 4.74 Å². The molecule has 0 saturated heterocycles. The van der Waals surface area contributed by atoms with Crippen LogP contribution < -0.4 is 15.4 Å². The highest BCUT2D eigenvalue weighted by molar-refractivity contribution is 14.0. The molecule has 0 aliphatic carbocycles. The van der Waals surface area contributed by atoms with Gasteiger partial charge in [0, 0.05) is 25.2 Å². The Morgan fingerprint density at radius 1 is 1.24 bits per heavy atom. The van der Waals surface area contributed by atoms with Crippen LogP contribution in [0.15, 0.2) is 29.3 Å². The van der Waals surface area contributed by atoms with Gasteiger partial charge < -0.3 is 15.4 Å². The van der Waals surface area contributed by atoms with Crippen molar-refractivity contribution in [2.45, 2.75) is 40.3 Å². The molecule has 0 bridgehead atoms. The van der Waals surface area contributed by atoms with E-state index in [1.807, 2.05) is 25.1 Å². The summed E-state index contributed by atoms with van der Waals surface area (Å²) in [5.41, 5.74) is 1.13. The Hall–Kier alpha value is -0.980. The summed E-state index contributed by atoms with van der Waals surface area (Å²) in [6.45, 7) is 9.90. The van der Waals surface area contributed by atoms with Crippen molar-refractivity contribution in [1.82, 2.24) is 10.6 Å². The fourth-order valence-electron chi connectivity index (χ4n) is 1.70. The maximum absolute atomic E-state index is 5.62. The SMILES string of the molecule is CCOc1ccccc1CNC(=NC)NC(C)C(C)C.I. The van der Waals surface area contributed by atoms with Crippen LogP contribution >= 0.6 is 24.0 Å². The van der Waals surface area contributed by atoms with Crippen LogP contribution in [0.4, 0.5) is 0 Å². The molecule has 0 heterocycles. The molecular weight excluding hydrogens is 377 g/mol. The van der Waals surface area contributed by atoms with Crippen molar-refractivity contribution in [2.24, 2.45) is 10.9 Å². The first-order chi connectivity index (χ1) is 9.58. The highest BCUT2D eigenvalue weighted by Gasteiger charge is 2.09. The van der Waals surface area contributed by atoms with E-state index in [1.165, 1.54) is 0 Å². The number of nitrogens with zero attached hydrogens (tertiary/aromatic N) is 1. The molecule has 1 rings (SSSR count). The maximum Gasteiger partial charge on any atom is 0.191 e. The van der Waals surface area contributed by atoms with Gasteiger partial charge in [-0.05, 0) is 25.8 Å². The van der Waals surface area contributed by atoms with Crippen LogP contribution in [0, 0.1) is 5.92 Å². The van der Waals surface area contributed by atoms with Gasteiger partial charge in [0.2, 0.25) is 0 Å². The minimum atomic E-state index is 0. The van der Waals surface area contributed by atoms with Crippen LogP contribution in [0.5, 0.6) is 5.75 Å². The number of halogens is 1. The van der Waals surface area contributed by atoms with Crippen molar-refractivity contribution in [3.63, 3.8) is 0 Å². The number of para-hydroxylation sites is 1. The van der Waals surface area contributed by atoms with E-state index in [1.54, 1.807) is 7.05 Å². The van der Waals surface area contributed by atoms with E-state index >= 15 is 0 Å². The Kier molecular flexibility index (Phi) is 10.2. The summed E-state index contributed by atoms with van der Waals surface area (Å²) < 4.78 is 5.62. The molecule has 1 aromatic rings. The summed E-state index contributed by atoms with van der Waals surface area (Å²) in [5.74, 6) is 2.30. The van der Waals surface area contributed by atoms with Crippen molar-refractivity contribution in [2.75, 3.05) is 13.7 Å². The fourth-order valence-corrected chi connectivity index (χ4v) is 1.70. The van der Waals surface area contributed by atoms with Gasteiger partial charge in [0.25, 0.3) is 0 Å². The van der Waals surface area contributed by atoms with E-state index in [9.17, 15) is 0 Å². The molecule has 5 heteroatoms. The molecule has 120 valence electrons. The molecule has 0 aromatic heterocycles. The third kappa shape index (κ3) is 7.02. The lowest BCUT2D eigenvalue weighted by Gasteiger charge is -2.21. The minimum Gasteiger partial charge on any atom is -0.494 e. The molecule has 0 aliphatic rings. The summed E-state index contributed by atoms with van der Waals surface area (Å²) >= 11 is 0. The Bertz CT molecular complexity index is 435. The van der Waals surface area contributed by atoms with Crippen molar-refractivity contribution in [3.8, 4) is 5.75 Å². The Morgan fingerprint density at radius 3 is 2.48 bits per heavy atom. The van der Waals surface area contributed by atoms with Crippen LogP contribution in [0.1, 0.15) is 33.3 Å². The smallest absolute Gasteiger partial charge is 0.191 e. The molecule has 0 aliphatic heterocycles. The average molecular weight is 405 g/mol. The minimum absolute atomic E-state index is 0. The molecule has 1 unspecified atom stereocenters. The molecule has 1 atom stereocenters. The molecule has 21 heavy (non-hydrogen) atoms. The number of guanidine groups is 1. The molecule has 0 saturated carbocycles. The van der Waals surface area contributed by atoms with Crippen LogP contribution in [0.25, 0.3) is 0 Å². The van der Waals surface area contributed by atoms with E-state index in [2.05, 4.69) is 42.5 Å². The van der Waals surface area contributed by atoms with Crippen molar-refractivity contribution in [3.05, 3.63) is 29.8 Å². The van der Waals surface area contributed by atoms with Gasteiger partial charge >= 0.3 is 0 Å². The highest BCUT2D eigenvalue weighted by Crippen LogP contribution is 2.17. The van der Waals surface area contributed by atoms with E-state index in [-0.39, 0.29) is 24.0 Å². The monoisotopic (exact) mass is 405 g/mol. The lowest BCUT2D eigenvalue weighted by molar-refractivity contribution is 0.336. The Labute approximate surface area is 145 Å². The molecule has 2 N–H and O–H groups in total. The standard InChI is InChI=1S/C16H27N3O.HI/c1-6-20-15-10-8-7-9-14(15)11-18-16(17-5)19-13(4)12(2)3;/h7-10,12-13H,6,11H2,1-5H3,(H2,17,18,19);1H. The van der Waals surface area contributed by atoms with Gasteiger partial charge in [-0.2, -0.15) is 0 Å². The zero-order chi connectivity index (χ0) is 15.0. The largest absolute Gasteiger partial charge is 0.494 e. The van der Waals surface area contributed by atoms with Gasteiger partial charge in [-0.3, -0.25) is 4.99 Å². The number of hydrogen-bond acceptors (Lipinski definition) is 2. The lowest BCUT2D eigenvalue weighted by Crippen LogP contribution is -2.43. The van der Waals surface area contributed by atoms with Gasteiger partial charge in [0.1, 0.15) is 5.75 Å². The fraction of sp³-hybridized carbons (Fsp3) is 0.562. The molecule has 0 amide bonds. The van der Waals surface area contributed by atoms with Gasteiger partial charge in [0.05, 0.1) is 6.61 Å². The number of rotatable bonds is 6. The number of ether oxygens (including phenoxy) is 1. The summed E-state index contributed by atoms with van der Waals surface area (Å²) in [7, 11) is 1.79. The normalized spacial score (nSPS) is 12.6. The second-order valence-corrected chi connectivity index (χ2v) is 5.14. The lowest BCUT2D eigenvalue weighted by atomic mass is 10.1. The van der Waals surface area contributed by atoms with Crippen LogP contribution in [0.2, 0.25) is 0 Å². The second-order valence-electron chi connectivity index (χ2n) is 5.14. The first-order valence-electron chi connectivity index (χ1n) is 7.26. The van der Waals surface area contributed by atoms with Crippen LogP contribution in [-0.4, -0.2) is 25.7 Å². The Balaban J connectivity index is 0.00000400. The third-order valence-corrected chi connectivity index (χ3v) is 3.31. The molecule has 1 aromatic carbocycles. The molecular formula is C16H28IN3O. The second kappa shape index (κ2) is 10.7. The highest BCUT2D eigenvalue weighted by atomic mass is 127. The molecule has 0 fully saturated rings. The topological polar surface area (TPSA) is 45.6 Å². The van der Waals surface area contributed by atoms with Gasteiger partial charge in [-0.15, -0.1) is 24.0 Å². The van der Waals surface area contributed by atoms with Crippen molar-refractivity contribution < 1.29 is 4.74 Å². The first-order valence-corrected chi connectivity index (χ1v) is 7.26. The van der Waals surface area contributed by atoms with Crippen molar-refractivity contribution in [1.29, 1.82) is 0 Å². The molecule has 0 radical (unpaired) electrons. The number of nitrogens with one attached hydrogen (secondary N) is 2. The average Bonchev–Trinajstić information content (AvgIpc) is 2.44. The van der Waals surface area contributed by atoms with E-state index < -0.39 is 0 Å². The number of benzene rings is 1.